The molecular formula is C11H13NO2S. The van der Waals surface area contributed by atoms with Gasteiger partial charge < -0.3 is 10.8 Å². The number of thioether (sulfide) groups is 1. The molecule has 2 rings (SSSR count). The molecule has 1 aromatic rings. The lowest BCUT2D eigenvalue weighted by Crippen LogP contribution is -2.20. The van der Waals surface area contributed by atoms with Crippen LogP contribution in [-0.2, 0) is 11.2 Å². The second-order valence-electron chi connectivity index (χ2n) is 3.64. The average molecular weight is 223 g/mol. The second kappa shape index (κ2) is 4.24. The largest absolute Gasteiger partial charge is 0.480 e. The lowest BCUT2D eigenvalue weighted by atomic mass is 10.0. The molecule has 0 amide bonds. The Labute approximate surface area is 92.7 Å². The monoisotopic (exact) mass is 223 g/mol. The Morgan fingerprint density at radius 2 is 2.33 bits per heavy atom. The van der Waals surface area contributed by atoms with Gasteiger partial charge in [0.1, 0.15) is 6.04 Å². The van der Waals surface area contributed by atoms with Gasteiger partial charge in [-0.25, -0.2) is 0 Å². The van der Waals surface area contributed by atoms with Crippen molar-refractivity contribution < 1.29 is 9.90 Å². The summed E-state index contributed by atoms with van der Waals surface area (Å²) in [5.74, 6) is 0.176. The Kier molecular flexibility index (Phi) is 2.98. The highest BCUT2D eigenvalue weighted by Gasteiger charge is 2.17. The summed E-state index contributed by atoms with van der Waals surface area (Å²) in [6.07, 6.45) is 2.19. The molecular weight excluding hydrogens is 210 g/mol. The number of carboxylic acids is 1. The van der Waals surface area contributed by atoms with Gasteiger partial charge in [0.25, 0.3) is 0 Å². The van der Waals surface area contributed by atoms with Gasteiger partial charge in [-0.15, -0.1) is 11.8 Å². The zero-order valence-corrected chi connectivity index (χ0v) is 9.09. The first-order valence-electron chi connectivity index (χ1n) is 4.92. The molecule has 1 atom stereocenters. The van der Waals surface area contributed by atoms with Crippen LogP contribution in [-0.4, -0.2) is 16.8 Å². The third-order valence-corrected chi connectivity index (χ3v) is 3.76. The van der Waals surface area contributed by atoms with E-state index in [-0.39, 0.29) is 0 Å². The van der Waals surface area contributed by atoms with Crippen LogP contribution in [0.3, 0.4) is 0 Å². The van der Waals surface area contributed by atoms with Crippen molar-refractivity contribution in [2.24, 2.45) is 5.73 Å². The van der Waals surface area contributed by atoms with Crippen LogP contribution in [0.5, 0.6) is 0 Å². The van der Waals surface area contributed by atoms with Gasteiger partial charge in [0, 0.05) is 4.90 Å². The molecule has 1 unspecified atom stereocenters. The molecule has 1 aromatic carbocycles. The standard InChI is InChI=1S/C11H13NO2S/c12-10(11(13)14)8-3-4-9-7(6-8)2-1-5-15-9/h3-4,6,10H,1-2,5,12H2,(H,13,14). The molecule has 0 fully saturated rings. The summed E-state index contributed by atoms with van der Waals surface area (Å²) >= 11 is 1.83. The lowest BCUT2D eigenvalue weighted by molar-refractivity contribution is -0.138. The summed E-state index contributed by atoms with van der Waals surface area (Å²) in [6, 6.07) is 4.83. The maximum absolute atomic E-state index is 10.7. The maximum atomic E-state index is 10.7. The van der Waals surface area contributed by atoms with Crippen LogP contribution >= 0.6 is 11.8 Å². The minimum Gasteiger partial charge on any atom is -0.480 e. The Bertz CT molecular complexity index is 392. The highest BCUT2D eigenvalue weighted by molar-refractivity contribution is 7.99. The van der Waals surface area contributed by atoms with E-state index in [2.05, 4.69) is 0 Å². The molecule has 0 spiro atoms. The van der Waals surface area contributed by atoms with Crippen molar-refractivity contribution in [2.45, 2.75) is 23.8 Å². The third-order valence-electron chi connectivity index (χ3n) is 2.56. The number of nitrogens with two attached hydrogens (primary N) is 1. The van der Waals surface area contributed by atoms with Crippen LogP contribution in [0.1, 0.15) is 23.6 Å². The molecule has 0 aromatic heterocycles. The number of hydrogen-bond donors (Lipinski definition) is 2. The molecule has 4 heteroatoms. The topological polar surface area (TPSA) is 63.3 Å². The summed E-state index contributed by atoms with van der Waals surface area (Å²) in [5, 5.41) is 8.81. The number of fused-ring (bicyclic) bond motifs is 1. The van der Waals surface area contributed by atoms with Gasteiger partial charge in [-0.3, -0.25) is 4.79 Å². The fourth-order valence-electron chi connectivity index (χ4n) is 1.72. The molecule has 3 N–H and O–H groups in total. The highest BCUT2D eigenvalue weighted by Crippen LogP contribution is 2.31. The predicted octanol–water partition coefficient (Wildman–Crippen LogP) is 1.81. The van der Waals surface area contributed by atoms with Crippen molar-refractivity contribution in [3.05, 3.63) is 29.3 Å². The molecule has 1 heterocycles. The molecule has 1 aliphatic heterocycles. The molecule has 1 aliphatic rings. The first kappa shape index (κ1) is 10.5. The van der Waals surface area contributed by atoms with Gasteiger partial charge in [0.2, 0.25) is 0 Å². The number of benzene rings is 1. The van der Waals surface area contributed by atoms with Crippen molar-refractivity contribution >= 4 is 17.7 Å². The van der Waals surface area contributed by atoms with E-state index < -0.39 is 12.0 Å². The van der Waals surface area contributed by atoms with Gasteiger partial charge in [0.05, 0.1) is 0 Å². The smallest absolute Gasteiger partial charge is 0.325 e. The van der Waals surface area contributed by atoms with Gasteiger partial charge in [-0.05, 0) is 35.8 Å². The van der Waals surface area contributed by atoms with Crippen molar-refractivity contribution in [1.82, 2.24) is 0 Å². The van der Waals surface area contributed by atoms with E-state index in [0.29, 0.717) is 5.56 Å². The van der Waals surface area contributed by atoms with Crippen LogP contribution in [0.2, 0.25) is 0 Å². The summed E-state index contributed by atoms with van der Waals surface area (Å²) in [4.78, 5) is 12.0. The molecule has 0 saturated carbocycles. The molecule has 15 heavy (non-hydrogen) atoms. The van der Waals surface area contributed by atoms with E-state index in [1.165, 1.54) is 10.5 Å². The number of carboxylic acid groups (broad SMARTS) is 1. The van der Waals surface area contributed by atoms with Crippen molar-refractivity contribution in [1.29, 1.82) is 0 Å². The van der Waals surface area contributed by atoms with Gasteiger partial charge in [-0.2, -0.15) is 0 Å². The second-order valence-corrected chi connectivity index (χ2v) is 4.77. The minimum absolute atomic E-state index is 0.698. The number of aryl methyl sites for hydroxylation is 1. The van der Waals surface area contributed by atoms with Gasteiger partial charge >= 0.3 is 5.97 Å². The van der Waals surface area contributed by atoms with E-state index in [9.17, 15) is 4.79 Å². The maximum Gasteiger partial charge on any atom is 0.325 e. The molecule has 0 aliphatic carbocycles. The molecule has 80 valence electrons. The number of hydrogen-bond acceptors (Lipinski definition) is 3. The summed E-state index contributed by atoms with van der Waals surface area (Å²) in [5.41, 5.74) is 7.50. The zero-order valence-electron chi connectivity index (χ0n) is 8.27. The predicted molar refractivity (Wildman–Crippen MR) is 60.1 cm³/mol. The normalized spacial score (nSPS) is 16.9. The van der Waals surface area contributed by atoms with E-state index in [1.807, 2.05) is 30.0 Å². The van der Waals surface area contributed by atoms with Crippen LogP contribution in [0.4, 0.5) is 0 Å². The van der Waals surface area contributed by atoms with Crippen molar-refractivity contribution in [3.63, 3.8) is 0 Å². The average Bonchev–Trinajstić information content (AvgIpc) is 2.27. The van der Waals surface area contributed by atoms with Crippen LogP contribution in [0, 0.1) is 0 Å². The number of aliphatic carboxylic acids is 1. The number of carbonyl (C=O) groups is 1. The first-order chi connectivity index (χ1) is 7.18. The van der Waals surface area contributed by atoms with Crippen LogP contribution < -0.4 is 5.73 Å². The van der Waals surface area contributed by atoms with Gasteiger partial charge in [0.15, 0.2) is 0 Å². The summed E-state index contributed by atoms with van der Waals surface area (Å²) in [7, 11) is 0. The Morgan fingerprint density at radius 3 is 3.07 bits per heavy atom. The SMILES string of the molecule is NC(C(=O)O)c1ccc2c(c1)CCCS2. The first-order valence-corrected chi connectivity index (χ1v) is 5.91. The number of rotatable bonds is 2. The molecule has 0 saturated heterocycles. The van der Waals surface area contributed by atoms with E-state index >= 15 is 0 Å². The van der Waals surface area contributed by atoms with Crippen molar-refractivity contribution in [3.8, 4) is 0 Å². The highest BCUT2D eigenvalue weighted by atomic mass is 32.2. The minimum atomic E-state index is -0.974. The van der Waals surface area contributed by atoms with Crippen LogP contribution in [0.15, 0.2) is 23.1 Å². The fourth-order valence-corrected chi connectivity index (χ4v) is 2.74. The van der Waals surface area contributed by atoms with E-state index in [1.54, 1.807) is 0 Å². The quantitative estimate of drug-likeness (QED) is 0.802. The molecule has 3 nitrogen and oxygen atoms in total. The van der Waals surface area contributed by atoms with E-state index in [4.69, 9.17) is 10.8 Å². The third kappa shape index (κ3) is 2.16. The fraction of sp³-hybridized carbons (Fsp3) is 0.364. The zero-order chi connectivity index (χ0) is 10.8. The van der Waals surface area contributed by atoms with Gasteiger partial charge in [-0.1, -0.05) is 12.1 Å². The molecule has 0 bridgehead atoms. The van der Waals surface area contributed by atoms with Crippen LogP contribution in [0.25, 0.3) is 0 Å². The lowest BCUT2D eigenvalue weighted by Gasteiger charge is -2.17. The van der Waals surface area contributed by atoms with Crippen molar-refractivity contribution in [2.75, 3.05) is 5.75 Å². The Balaban J connectivity index is 2.31. The summed E-state index contributed by atoms with van der Waals surface area (Å²) in [6.45, 7) is 0. The molecule has 0 radical (unpaired) electrons. The summed E-state index contributed by atoms with van der Waals surface area (Å²) < 4.78 is 0. The Morgan fingerprint density at radius 1 is 1.53 bits per heavy atom. The Hall–Kier alpha value is -1.00. The van der Waals surface area contributed by atoms with E-state index in [0.717, 1.165) is 18.6 Å².